The van der Waals surface area contributed by atoms with Crippen LogP contribution in [0.3, 0.4) is 0 Å². The lowest BCUT2D eigenvalue weighted by atomic mass is 10.0. The number of ether oxygens (including phenoxy) is 1. The van der Waals surface area contributed by atoms with Crippen LogP contribution in [0.1, 0.15) is 23.2 Å². The predicted molar refractivity (Wildman–Crippen MR) is 74.2 cm³/mol. The molecule has 0 spiro atoms. The minimum absolute atomic E-state index is 0.00277. The zero-order valence-corrected chi connectivity index (χ0v) is 10.8. The number of aromatic nitrogens is 1. The van der Waals surface area contributed by atoms with Gasteiger partial charge in [-0.25, -0.2) is 0 Å². The number of amides is 1. The highest BCUT2D eigenvalue weighted by Crippen LogP contribution is 2.15. The Labute approximate surface area is 112 Å². The fourth-order valence-corrected chi connectivity index (χ4v) is 2.48. The highest BCUT2D eigenvalue weighted by atomic mass is 16.5. The Bertz CT molecular complexity index is 570. The van der Waals surface area contributed by atoms with E-state index in [1.165, 1.54) is 0 Å². The Kier molecular flexibility index (Phi) is 3.51. The van der Waals surface area contributed by atoms with Crippen molar-refractivity contribution in [2.45, 2.75) is 12.8 Å². The topological polar surface area (TPSA) is 54.1 Å². The molecule has 0 saturated carbocycles. The molecule has 0 aliphatic carbocycles. The smallest absolute Gasteiger partial charge is 0.251 e. The Morgan fingerprint density at radius 1 is 1.32 bits per heavy atom. The standard InChI is InChI=1S/C15H18N2O2/c18-15(17-10-11-4-7-19-8-5-11)13-2-1-12-3-6-16-14(12)9-13/h1-3,6,9,11,16H,4-5,7-8,10H2,(H,17,18). The summed E-state index contributed by atoms with van der Waals surface area (Å²) in [5.41, 5.74) is 1.71. The molecule has 1 saturated heterocycles. The van der Waals surface area contributed by atoms with Crippen molar-refractivity contribution < 1.29 is 9.53 Å². The molecule has 1 aromatic carbocycles. The minimum atomic E-state index is 0.00277. The van der Waals surface area contributed by atoms with Crippen LogP contribution in [0.25, 0.3) is 10.9 Å². The third kappa shape index (κ3) is 2.79. The molecule has 1 aliphatic rings. The molecule has 4 heteroatoms. The number of benzene rings is 1. The molecule has 3 rings (SSSR count). The van der Waals surface area contributed by atoms with Crippen molar-refractivity contribution in [1.29, 1.82) is 0 Å². The first-order valence-corrected chi connectivity index (χ1v) is 6.76. The van der Waals surface area contributed by atoms with Crippen LogP contribution in [-0.2, 0) is 4.74 Å². The van der Waals surface area contributed by atoms with Gasteiger partial charge in [-0.05, 0) is 42.3 Å². The third-order valence-electron chi connectivity index (χ3n) is 3.71. The van der Waals surface area contributed by atoms with Gasteiger partial charge in [-0.15, -0.1) is 0 Å². The third-order valence-corrected chi connectivity index (χ3v) is 3.71. The number of carbonyl (C=O) groups is 1. The van der Waals surface area contributed by atoms with Crippen LogP contribution < -0.4 is 5.32 Å². The number of carbonyl (C=O) groups excluding carboxylic acids is 1. The van der Waals surface area contributed by atoms with E-state index in [2.05, 4.69) is 10.3 Å². The Morgan fingerprint density at radius 3 is 3.00 bits per heavy atom. The summed E-state index contributed by atoms with van der Waals surface area (Å²) in [6, 6.07) is 7.73. The molecule has 19 heavy (non-hydrogen) atoms. The van der Waals surface area contributed by atoms with Gasteiger partial charge in [0.1, 0.15) is 0 Å². The second kappa shape index (κ2) is 5.45. The van der Waals surface area contributed by atoms with Gasteiger partial charge >= 0.3 is 0 Å². The SMILES string of the molecule is O=C(NCC1CCOCC1)c1ccc2cc[nH]c2c1. The van der Waals surface area contributed by atoms with Crippen LogP contribution in [0.4, 0.5) is 0 Å². The van der Waals surface area contributed by atoms with Crippen molar-refractivity contribution in [2.24, 2.45) is 5.92 Å². The average Bonchev–Trinajstić information content (AvgIpc) is 2.93. The molecular weight excluding hydrogens is 240 g/mol. The van der Waals surface area contributed by atoms with Crippen molar-refractivity contribution >= 4 is 16.8 Å². The summed E-state index contributed by atoms with van der Waals surface area (Å²) in [4.78, 5) is 15.2. The molecule has 2 aromatic rings. The first-order chi connectivity index (χ1) is 9.33. The van der Waals surface area contributed by atoms with Crippen molar-refractivity contribution in [3.8, 4) is 0 Å². The highest BCUT2D eigenvalue weighted by Gasteiger charge is 2.15. The highest BCUT2D eigenvalue weighted by molar-refractivity contribution is 5.97. The minimum Gasteiger partial charge on any atom is -0.381 e. The second-order valence-electron chi connectivity index (χ2n) is 5.05. The van der Waals surface area contributed by atoms with E-state index in [9.17, 15) is 4.79 Å². The Balaban J connectivity index is 1.62. The van der Waals surface area contributed by atoms with Crippen LogP contribution in [-0.4, -0.2) is 30.6 Å². The Morgan fingerprint density at radius 2 is 2.16 bits per heavy atom. The molecular formula is C15H18N2O2. The maximum atomic E-state index is 12.1. The summed E-state index contributed by atoms with van der Waals surface area (Å²) < 4.78 is 5.31. The average molecular weight is 258 g/mol. The molecule has 2 N–H and O–H groups in total. The molecule has 4 nitrogen and oxygen atoms in total. The van der Waals surface area contributed by atoms with E-state index < -0.39 is 0 Å². The second-order valence-corrected chi connectivity index (χ2v) is 5.05. The van der Waals surface area contributed by atoms with Gasteiger partial charge in [0.2, 0.25) is 0 Å². The molecule has 1 aliphatic heterocycles. The molecule has 2 heterocycles. The van der Waals surface area contributed by atoms with E-state index >= 15 is 0 Å². The lowest BCUT2D eigenvalue weighted by Crippen LogP contribution is -2.32. The van der Waals surface area contributed by atoms with Crippen LogP contribution in [0.15, 0.2) is 30.5 Å². The number of aromatic amines is 1. The van der Waals surface area contributed by atoms with E-state index in [0.29, 0.717) is 11.5 Å². The maximum Gasteiger partial charge on any atom is 0.251 e. The van der Waals surface area contributed by atoms with Crippen LogP contribution in [0.2, 0.25) is 0 Å². The zero-order chi connectivity index (χ0) is 13.1. The van der Waals surface area contributed by atoms with Gasteiger partial charge in [0.25, 0.3) is 5.91 Å². The summed E-state index contributed by atoms with van der Waals surface area (Å²) in [5.74, 6) is 0.551. The van der Waals surface area contributed by atoms with Gasteiger partial charge in [0, 0.05) is 37.0 Å². The Hall–Kier alpha value is -1.81. The molecule has 1 aromatic heterocycles. The van der Waals surface area contributed by atoms with Crippen molar-refractivity contribution in [3.05, 3.63) is 36.0 Å². The number of nitrogens with one attached hydrogen (secondary N) is 2. The predicted octanol–water partition coefficient (Wildman–Crippen LogP) is 2.32. The molecule has 1 fully saturated rings. The first kappa shape index (κ1) is 12.2. The number of rotatable bonds is 3. The molecule has 1 amide bonds. The fourth-order valence-electron chi connectivity index (χ4n) is 2.48. The summed E-state index contributed by atoms with van der Waals surface area (Å²) >= 11 is 0. The molecule has 0 radical (unpaired) electrons. The first-order valence-electron chi connectivity index (χ1n) is 6.76. The van der Waals surface area contributed by atoms with Crippen LogP contribution in [0, 0.1) is 5.92 Å². The van der Waals surface area contributed by atoms with Crippen LogP contribution >= 0.6 is 0 Å². The number of fused-ring (bicyclic) bond motifs is 1. The molecule has 0 bridgehead atoms. The van der Waals surface area contributed by atoms with Crippen LogP contribution in [0.5, 0.6) is 0 Å². The molecule has 0 unspecified atom stereocenters. The van der Waals surface area contributed by atoms with Crippen molar-refractivity contribution in [2.75, 3.05) is 19.8 Å². The summed E-state index contributed by atoms with van der Waals surface area (Å²) in [7, 11) is 0. The number of hydrogen-bond donors (Lipinski definition) is 2. The van der Waals surface area contributed by atoms with Gasteiger partial charge in [-0.2, -0.15) is 0 Å². The quantitative estimate of drug-likeness (QED) is 0.887. The van der Waals surface area contributed by atoms with Gasteiger partial charge < -0.3 is 15.0 Å². The monoisotopic (exact) mass is 258 g/mol. The van der Waals surface area contributed by atoms with Gasteiger partial charge in [-0.3, -0.25) is 4.79 Å². The number of hydrogen-bond acceptors (Lipinski definition) is 2. The van der Waals surface area contributed by atoms with Gasteiger partial charge in [-0.1, -0.05) is 6.07 Å². The zero-order valence-electron chi connectivity index (χ0n) is 10.8. The normalized spacial score (nSPS) is 16.6. The fraction of sp³-hybridized carbons (Fsp3) is 0.400. The van der Waals surface area contributed by atoms with E-state index in [1.807, 2.05) is 30.5 Å². The lowest BCUT2D eigenvalue weighted by Gasteiger charge is -2.22. The summed E-state index contributed by atoms with van der Waals surface area (Å²) in [6.45, 7) is 2.37. The maximum absolute atomic E-state index is 12.1. The van der Waals surface area contributed by atoms with E-state index in [4.69, 9.17) is 4.74 Å². The van der Waals surface area contributed by atoms with Gasteiger partial charge in [0.05, 0.1) is 0 Å². The molecule has 0 atom stereocenters. The van der Waals surface area contributed by atoms with Gasteiger partial charge in [0.15, 0.2) is 0 Å². The van der Waals surface area contributed by atoms with Crippen molar-refractivity contribution in [1.82, 2.24) is 10.3 Å². The van der Waals surface area contributed by atoms with E-state index in [1.54, 1.807) is 0 Å². The van der Waals surface area contributed by atoms with Crippen molar-refractivity contribution in [3.63, 3.8) is 0 Å². The molecule has 100 valence electrons. The van der Waals surface area contributed by atoms with E-state index in [0.717, 1.165) is 43.5 Å². The number of H-pyrrole nitrogens is 1. The van der Waals surface area contributed by atoms with E-state index in [-0.39, 0.29) is 5.91 Å². The summed E-state index contributed by atoms with van der Waals surface area (Å²) in [5, 5.41) is 4.14. The lowest BCUT2D eigenvalue weighted by molar-refractivity contribution is 0.0642. The summed E-state index contributed by atoms with van der Waals surface area (Å²) in [6.07, 6.45) is 3.96. The largest absolute Gasteiger partial charge is 0.381 e.